The smallest absolute Gasteiger partial charge is 0.264 e. The highest BCUT2D eigenvalue weighted by molar-refractivity contribution is 7.92. The molecule has 4 aromatic rings. The molecule has 2 amide bonds. The fourth-order valence-corrected chi connectivity index (χ4v) is 7.16. The van der Waals surface area contributed by atoms with Gasteiger partial charge in [-0.15, -0.1) is 0 Å². The first-order valence-electron chi connectivity index (χ1n) is 15.5. The van der Waals surface area contributed by atoms with Crippen LogP contribution in [-0.2, 0) is 32.6 Å². The quantitative estimate of drug-likeness (QED) is 0.136. The molecule has 0 bridgehead atoms. The monoisotopic (exact) mass is 745 g/mol. The summed E-state index contributed by atoms with van der Waals surface area (Å²) in [4.78, 5) is 29.9. The minimum atomic E-state index is -4.42. The van der Waals surface area contributed by atoms with Crippen LogP contribution in [0.15, 0.2) is 95.9 Å². The van der Waals surface area contributed by atoms with Crippen LogP contribution in [0.25, 0.3) is 0 Å². The third kappa shape index (κ3) is 9.39. The molecule has 0 saturated heterocycles. The van der Waals surface area contributed by atoms with E-state index in [4.69, 9.17) is 44.3 Å². The van der Waals surface area contributed by atoms with E-state index in [0.29, 0.717) is 32.8 Å². The Morgan fingerprint density at radius 3 is 2.06 bits per heavy atom. The zero-order chi connectivity index (χ0) is 35.7. The number of ether oxygens (including phenoxy) is 2. The highest BCUT2D eigenvalue weighted by Gasteiger charge is 2.36. The fraction of sp³-hybridized carbons (Fsp3) is 0.278. The third-order valence-corrected chi connectivity index (χ3v) is 10.7. The van der Waals surface area contributed by atoms with E-state index in [1.165, 1.54) is 61.6 Å². The van der Waals surface area contributed by atoms with Crippen LogP contribution in [0.4, 0.5) is 5.69 Å². The van der Waals surface area contributed by atoms with E-state index >= 15 is 0 Å². The molecule has 0 spiro atoms. The molecule has 0 saturated carbocycles. The molecular weight excluding hydrogens is 709 g/mol. The number of carbonyl (C=O) groups is 2. The van der Waals surface area contributed by atoms with Crippen molar-refractivity contribution in [2.24, 2.45) is 0 Å². The number of carbonyl (C=O) groups excluding carboxylic acids is 2. The summed E-state index contributed by atoms with van der Waals surface area (Å²) in [5.74, 6) is -0.564. The molecule has 0 radical (unpaired) electrons. The lowest BCUT2D eigenvalue weighted by atomic mass is 10.0. The Balaban J connectivity index is 1.86. The summed E-state index contributed by atoms with van der Waals surface area (Å²) in [5, 5.41) is 3.95. The van der Waals surface area contributed by atoms with Gasteiger partial charge in [0.15, 0.2) is 11.5 Å². The predicted octanol–water partition coefficient (Wildman–Crippen LogP) is 7.41. The van der Waals surface area contributed by atoms with Gasteiger partial charge in [0.1, 0.15) is 12.6 Å². The molecule has 0 aliphatic rings. The Morgan fingerprint density at radius 2 is 1.47 bits per heavy atom. The number of rotatable bonds is 15. The van der Waals surface area contributed by atoms with Crippen molar-refractivity contribution in [2.75, 3.05) is 25.1 Å². The highest BCUT2D eigenvalue weighted by atomic mass is 35.5. The van der Waals surface area contributed by atoms with Crippen molar-refractivity contribution in [3.63, 3.8) is 0 Å². The van der Waals surface area contributed by atoms with E-state index in [0.717, 1.165) is 9.87 Å². The number of hydrogen-bond acceptors (Lipinski definition) is 6. The number of nitrogens with one attached hydrogen (secondary N) is 1. The van der Waals surface area contributed by atoms with E-state index < -0.39 is 34.4 Å². The van der Waals surface area contributed by atoms with E-state index in [9.17, 15) is 18.0 Å². The Bertz CT molecular complexity index is 1840. The van der Waals surface area contributed by atoms with Crippen molar-refractivity contribution in [3.8, 4) is 11.5 Å². The SMILES string of the molecule is CCC(C)NC(=O)C(Cc1ccccc1)N(Cc1c(Cl)cccc1Cl)C(=O)CN(c1ccc(Cl)cc1)S(=O)(=O)c1ccc(OC)c(OC)c1. The molecule has 2 atom stereocenters. The second kappa shape index (κ2) is 17.1. The molecule has 0 aromatic heterocycles. The van der Waals surface area contributed by atoms with E-state index in [2.05, 4.69) is 5.32 Å². The van der Waals surface area contributed by atoms with Gasteiger partial charge in [-0.3, -0.25) is 13.9 Å². The molecule has 0 aliphatic heterocycles. The van der Waals surface area contributed by atoms with Crippen LogP contribution in [0.2, 0.25) is 15.1 Å². The van der Waals surface area contributed by atoms with Gasteiger partial charge in [-0.1, -0.05) is 78.1 Å². The van der Waals surface area contributed by atoms with Gasteiger partial charge >= 0.3 is 0 Å². The summed E-state index contributed by atoms with van der Waals surface area (Å²) in [6.45, 7) is 2.95. The molecule has 0 aliphatic carbocycles. The first-order valence-corrected chi connectivity index (χ1v) is 18.0. The van der Waals surface area contributed by atoms with Gasteiger partial charge in [-0.05, 0) is 67.4 Å². The summed E-state index contributed by atoms with van der Waals surface area (Å²) in [5.41, 5.74) is 1.38. The summed E-state index contributed by atoms with van der Waals surface area (Å²) < 4.78 is 40.4. The van der Waals surface area contributed by atoms with Crippen LogP contribution >= 0.6 is 34.8 Å². The Hall–Kier alpha value is -3.96. The zero-order valence-corrected chi connectivity index (χ0v) is 30.6. The van der Waals surface area contributed by atoms with Crippen molar-refractivity contribution in [2.45, 2.75) is 50.2 Å². The number of anilines is 1. The largest absolute Gasteiger partial charge is 0.493 e. The van der Waals surface area contributed by atoms with Crippen LogP contribution < -0.4 is 19.1 Å². The maximum absolute atomic E-state index is 14.7. The van der Waals surface area contributed by atoms with Gasteiger partial charge in [0.25, 0.3) is 10.0 Å². The molecule has 4 aromatic carbocycles. The molecular formula is C36H38Cl3N3O6S. The van der Waals surface area contributed by atoms with Crippen molar-refractivity contribution >= 4 is 62.3 Å². The van der Waals surface area contributed by atoms with Gasteiger partial charge < -0.3 is 19.7 Å². The molecule has 9 nitrogen and oxygen atoms in total. The molecule has 4 rings (SSSR count). The van der Waals surface area contributed by atoms with Crippen LogP contribution in [0.3, 0.4) is 0 Å². The van der Waals surface area contributed by atoms with Gasteiger partial charge in [-0.25, -0.2) is 8.42 Å². The lowest BCUT2D eigenvalue weighted by Gasteiger charge is -2.34. The predicted molar refractivity (Wildman–Crippen MR) is 194 cm³/mol. The number of amides is 2. The summed E-state index contributed by atoms with van der Waals surface area (Å²) in [6, 6.07) is 23.1. The van der Waals surface area contributed by atoms with E-state index in [1.54, 1.807) is 18.2 Å². The molecule has 0 fully saturated rings. The van der Waals surface area contributed by atoms with Crippen molar-refractivity contribution < 1.29 is 27.5 Å². The van der Waals surface area contributed by atoms with Gasteiger partial charge in [0.05, 0.1) is 24.8 Å². The number of sulfonamides is 1. The normalized spacial score (nSPS) is 12.5. The van der Waals surface area contributed by atoms with Crippen molar-refractivity contribution in [3.05, 3.63) is 117 Å². The van der Waals surface area contributed by atoms with Crippen LogP contribution in [0, 0.1) is 0 Å². The van der Waals surface area contributed by atoms with Crippen molar-refractivity contribution in [1.82, 2.24) is 10.2 Å². The molecule has 260 valence electrons. The molecule has 2 unspecified atom stereocenters. The lowest BCUT2D eigenvalue weighted by Crippen LogP contribution is -2.54. The topological polar surface area (TPSA) is 105 Å². The minimum Gasteiger partial charge on any atom is -0.493 e. The lowest BCUT2D eigenvalue weighted by molar-refractivity contribution is -0.140. The fourth-order valence-electron chi connectivity index (χ4n) is 5.09. The Kier molecular flexibility index (Phi) is 13.2. The average Bonchev–Trinajstić information content (AvgIpc) is 3.10. The molecule has 1 N–H and O–H groups in total. The standard InChI is InChI=1S/C36H38Cl3N3O6S/c1-5-24(2)40-36(44)32(20-25-10-7-6-8-11-25)41(22-29-30(38)12-9-13-31(29)39)35(43)23-42(27-16-14-26(37)15-17-27)49(45,46)28-18-19-33(47-3)34(21-28)48-4/h6-19,21,24,32H,5,20,22-23H2,1-4H3,(H,40,44). The van der Waals surface area contributed by atoms with Crippen LogP contribution in [0.5, 0.6) is 11.5 Å². The van der Waals surface area contributed by atoms with Gasteiger partial charge in [0, 0.05) is 45.7 Å². The maximum Gasteiger partial charge on any atom is 0.264 e. The number of nitrogens with zero attached hydrogens (tertiary/aromatic N) is 2. The summed E-state index contributed by atoms with van der Waals surface area (Å²) in [6.07, 6.45) is 0.794. The van der Waals surface area contributed by atoms with Gasteiger partial charge in [0.2, 0.25) is 11.8 Å². The number of methoxy groups -OCH3 is 2. The third-order valence-electron chi connectivity index (χ3n) is 8.00. The number of hydrogen-bond donors (Lipinski definition) is 1. The van der Waals surface area contributed by atoms with Crippen LogP contribution in [0.1, 0.15) is 31.4 Å². The second-order valence-corrected chi connectivity index (χ2v) is 14.4. The average molecular weight is 747 g/mol. The Labute approximate surface area is 302 Å². The molecule has 49 heavy (non-hydrogen) atoms. The molecule has 13 heteroatoms. The Morgan fingerprint density at radius 1 is 0.837 bits per heavy atom. The maximum atomic E-state index is 14.7. The van der Waals surface area contributed by atoms with Crippen LogP contribution in [-0.4, -0.2) is 58.0 Å². The summed E-state index contributed by atoms with van der Waals surface area (Å²) >= 11 is 19.3. The number of halogens is 3. The van der Waals surface area contributed by atoms with E-state index in [1.807, 2.05) is 44.2 Å². The van der Waals surface area contributed by atoms with E-state index in [-0.39, 0.29) is 35.3 Å². The molecule has 0 heterocycles. The first-order chi connectivity index (χ1) is 23.4. The van der Waals surface area contributed by atoms with Gasteiger partial charge in [-0.2, -0.15) is 0 Å². The van der Waals surface area contributed by atoms with Crippen molar-refractivity contribution in [1.29, 1.82) is 0 Å². The second-order valence-electron chi connectivity index (χ2n) is 11.3. The number of benzene rings is 4. The zero-order valence-electron chi connectivity index (χ0n) is 27.5. The summed E-state index contributed by atoms with van der Waals surface area (Å²) in [7, 11) is -1.58. The minimum absolute atomic E-state index is 0.139. The first kappa shape index (κ1) is 37.9. The highest BCUT2D eigenvalue weighted by Crippen LogP contribution is 2.33.